The standard InChI is InChI=1S/C31H38ClNO4.C4H8O2.C4H8.C4H10.C2H6/c1-9-29(34)33(18-22-14-13-20(4)15-28(22)36-7)30-25(19(2)3)16-23(32)17-26(30)21(5)24-11-10-12-27(35-6)31(24)37-8;1-3-6-4(2)5;1-2-4-3-1;1-3-4-2;1-2/h10-17,19,21H,9,18H2,1-8H3;3H2,1-2H3;1-4H2;3-4H2,1-2H3;1-2H3/t21-;;;;/m1..../s1. The number of para-hydroxylation sites is 1. The van der Waals surface area contributed by atoms with Crippen LogP contribution in [0.3, 0.4) is 0 Å². The number of unbranched alkanes of at least 4 members (excludes halogenated alkanes) is 1. The highest BCUT2D eigenvalue weighted by Gasteiger charge is 2.28. The van der Waals surface area contributed by atoms with E-state index in [0.717, 1.165) is 39.3 Å². The second-order valence-corrected chi connectivity index (χ2v) is 13.3. The van der Waals surface area contributed by atoms with Crippen LogP contribution in [-0.2, 0) is 20.9 Å². The van der Waals surface area contributed by atoms with E-state index >= 15 is 0 Å². The van der Waals surface area contributed by atoms with E-state index in [1.807, 2.05) is 81.1 Å². The predicted octanol–water partition coefficient (Wildman–Crippen LogP) is 12.9. The van der Waals surface area contributed by atoms with Crippen LogP contribution in [0.4, 0.5) is 5.69 Å². The fourth-order valence-corrected chi connectivity index (χ4v) is 5.47. The number of amides is 1. The number of rotatable bonds is 12. The molecule has 7 nitrogen and oxygen atoms in total. The van der Waals surface area contributed by atoms with Gasteiger partial charge in [-0.05, 0) is 60.7 Å². The Morgan fingerprint density at radius 2 is 1.34 bits per heavy atom. The number of aryl methyl sites for hydroxylation is 1. The van der Waals surface area contributed by atoms with Crippen molar-refractivity contribution in [2.45, 2.75) is 139 Å². The first kappa shape index (κ1) is 49.3. The first-order valence-electron chi connectivity index (χ1n) is 19.5. The molecule has 0 heterocycles. The molecule has 0 spiro atoms. The van der Waals surface area contributed by atoms with Crippen molar-refractivity contribution in [1.82, 2.24) is 0 Å². The summed E-state index contributed by atoms with van der Waals surface area (Å²) in [5, 5.41) is 0.632. The van der Waals surface area contributed by atoms with Gasteiger partial charge >= 0.3 is 5.97 Å². The average molecular weight is 757 g/mol. The Hall–Kier alpha value is -3.71. The molecule has 0 aromatic heterocycles. The molecule has 298 valence electrons. The SMILES string of the molecule is C1CCC1.CC.CCC(=O)N(Cc1ccc(C)cc1OC)c1c(C(C)C)cc(Cl)cc1[C@H](C)c1cccc(OC)c1OC.CCCC.CCOC(C)=O. The third kappa shape index (κ3) is 16.5. The fraction of sp³-hybridized carbons (Fsp3) is 0.556. The Bertz CT molecular complexity index is 1480. The van der Waals surface area contributed by atoms with Crippen LogP contribution in [0, 0.1) is 6.92 Å². The fourth-order valence-electron chi connectivity index (χ4n) is 5.23. The van der Waals surface area contributed by atoms with Crippen LogP contribution in [0.5, 0.6) is 17.2 Å². The number of nitrogens with zero attached hydrogens (tertiary/aromatic N) is 1. The predicted molar refractivity (Wildman–Crippen MR) is 225 cm³/mol. The summed E-state index contributed by atoms with van der Waals surface area (Å²) < 4.78 is 21.4. The van der Waals surface area contributed by atoms with Gasteiger partial charge in [0, 0.05) is 35.4 Å². The first-order chi connectivity index (χ1) is 25.3. The van der Waals surface area contributed by atoms with Gasteiger partial charge in [0.1, 0.15) is 5.75 Å². The Morgan fingerprint density at radius 1 is 0.774 bits per heavy atom. The average Bonchev–Trinajstić information content (AvgIpc) is 3.13. The Labute approximate surface area is 327 Å². The smallest absolute Gasteiger partial charge is 0.302 e. The van der Waals surface area contributed by atoms with Gasteiger partial charge in [-0.1, -0.05) is 130 Å². The van der Waals surface area contributed by atoms with Crippen LogP contribution in [0.15, 0.2) is 48.5 Å². The molecule has 0 radical (unpaired) electrons. The van der Waals surface area contributed by atoms with Crippen molar-refractivity contribution < 1.29 is 28.5 Å². The highest BCUT2D eigenvalue weighted by atomic mass is 35.5. The number of halogens is 1. The van der Waals surface area contributed by atoms with Gasteiger partial charge in [-0.3, -0.25) is 9.59 Å². The van der Waals surface area contributed by atoms with Gasteiger partial charge in [0.15, 0.2) is 11.5 Å². The zero-order valence-corrected chi connectivity index (χ0v) is 36.2. The molecule has 1 saturated carbocycles. The molecule has 1 amide bonds. The van der Waals surface area contributed by atoms with Crippen LogP contribution in [0.1, 0.15) is 154 Å². The van der Waals surface area contributed by atoms with Crippen molar-refractivity contribution >= 4 is 29.2 Å². The van der Waals surface area contributed by atoms with Gasteiger partial charge < -0.3 is 23.8 Å². The molecule has 0 N–H and O–H groups in total. The normalized spacial score (nSPS) is 11.6. The number of hydrogen-bond acceptors (Lipinski definition) is 6. The van der Waals surface area contributed by atoms with Gasteiger partial charge in [-0.25, -0.2) is 0 Å². The molecule has 0 aliphatic heterocycles. The maximum atomic E-state index is 13.6. The van der Waals surface area contributed by atoms with Crippen LogP contribution in [0.2, 0.25) is 5.02 Å². The summed E-state index contributed by atoms with van der Waals surface area (Å²) >= 11 is 6.69. The molecular weight excluding hydrogens is 686 g/mol. The number of hydrogen-bond donors (Lipinski definition) is 0. The lowest BCUT2D eigenvalue weighted by molar-refractivity contribution is -0.140. The molecule has 1 fully saturated rings. The third-order valence-electron chi connectivity index (χ3n) is 8.61. The van der Waals surface area contributed by atoms with E-state index in [-0.39, 0.29) is 23.7 Å². The summed E-state index contributed by atoms with van der Waals surface area (Å²) in [7, 11) is 4.93. The molecule has 53 heavy (non-hydrogen) atoms. The van der Waals surface area contributed by atoms with E-state index < -0.39 is 0 Å². The number of carbonyl (C=O) groups is 2. The number of benzene rings is 3. The summed E-state index contributed by atoms with van der Waals surface area (Å²) in [5.41, 5.74) is 5.85. The molecule has 1 atom stereocenters. The van der Waals surface area contributed by atoms with Crippen LogP contribution in [-0.4, -0.2) is 39.8 Å². The van der Waals surface area contributed by atoms with Crippen molar-refractivity contribution in [3.05, 3.63) is 81.4 Å². The molecule has 3 aromatic carbocycles. The maximum Gasteiger partial charge on any atom is 0.302 e. The number of anilines is 1. The Balaban J connectivity index is 0.00000141. The van der Waals surface area contributed by atoms with E-state index in [1.165, 1.54) is 45.4 Å². The van der Waals surface area contributed by atoms with Gasteiger partial charge in [-0.15, -0.1) is 0 Å². The lowest BCUT2D eigenvalue weighted by Gasteiger charge is -2.32. The first-order valence-corrected chi connectivity index (χ1v) is 19.8. The zero-order valence-electron chi connectivity index (χ0n) is 35.4. The second-order valence-electron chi connectivity index (χ2n) is 12.9. The van der Waals surface area contributed by atoms with Crippen molar-refractivity contribution in [2.75, 3.05) is 32.8 Å². The van der Waals surface area contributed by atoms with E-state index in [4.69, 9.17) is 25.8 Å². The quantitative estimate of drug-likeness (QED) is 0.171. The van der Waals surface area contributed by atoms with Crippen LogP contribution >= 0.6 is 11.6 Å². The van der Waals surface area contributed by atoms with E-state index in [0.29, 0.717) is 36.1 Å². The second kappa shape index (κ2) is 27.8. The molecule has 3 aromatic rings. The van der Waals surface area contributed by atoms with Crippen LogP contribution < -0.4 is 19.1 Å². The van der Waals surface area contributed by atoms with E-state index in [2.05, 4.69) is 39.4 Å². The van der Waals surface area contributed by atoms with E-state index in [9.17, 15) is 9.59 Å². The Morgan fingerprint density at radius 3 is 1.75 bits per heavy atom. The lowest BCUT2D eigenvalue weighted by atomic mass is 9.86. The highest BCUT2D eigenvalue weighted by molar-refractivity contribution is 6.31. The van der Waals surface area contributed by atoms with Gasteiger partial charge in [-0.2, -0.15) is 0 Å². The topological polar surface area (TPSA) is 74.3 Å². The van der Waals surface area contributed by atoms with Crippen LogP contribution in [0.25, 0.3) is 0 Å². The maximum absolute atomic E-state index is 13.6. The molecule has 1 aliphatic rings. The molecule has 0 unspecified atom stereocenters. The minimum Gasteiger partial charge on any atom is -0.496 e. The molecule has 0 saturated heterocycles. The summed E-state index contributed by atoms with van der Waals surface area (Å²) in [6, 6.07) is 15.9. The molecular formula is C45H70ClNO6. The largest absolute Gasteiger partial charge is 0.496 e. The lowest BCUT2D eigenvalue weighted by Crippen LogP contribution is -2.32. The molecule has 8 heteroatoms. The Kier molecular flexibility index (Phi) is 25.9. The van der Waals surface area contributed by atoms with E-state index in [1.54, 1.807) is 28.3 Å². The number of ether oxygens (including phenoxy) is 4. The number of carbonyl (C=O) groups excluding carboxylic acids is 2. The molecule has 4 rings (SSSR count). The van der Waals surface area contributed by atoms with Gasteiger partial charge in [0.05, 0.1) is 40.2 Å². The highest BCUT2D eigenvalue weighted by Crippen LogP contribution is 2.45. The number of methoxy groups -OCH3 is 3. The molecule has 0 bridgehead atoms. The van der Waals surface area contributed by atoms with Crippen molar-refractivity contribution in [3.63, 3.8) is 0 Å². The van der Waals surface area contributed by atoms with Crippen molar-refractivity contribution in [1.29, 1.82) is 0 Å². The van der Waals surface area contributed by atoms with Crippen molar-refractivity contribution in [2.24, 2.45) is 0 Å². The monoisotopic (exact) mass is 755 g/mol. The van der Waals surface area contributed by atoms with Gasteiger partial charge in [0.25, 0.3) is 0 Å². The number of esters is 1. The van der Waals surface area contributed by atoms with Crippen molar-refractivity contribution in [3.8, 4) is 17.2 Å². The zero-order chi connectivity index (χ0) is 40.5. The minimum atomic E-state index is -0.211. The third-order valence-corrected chi connectivity index (χ3v) is 8.83. The summed E-state index contributed by atoms with van der Waals surface area (Å²) in [4.78, 5) is 25.3. The molecule has 1 aliphatic carbocycles. The summed E-state index contributed by atoms with van der Waals surface area (Å²) in [6.45, 7) is 22.7. The summed E-state index contributed by atoms with van der Waals surface area (Å²) in [5.74, 6) is 1.91. The van der Waals surface area contributed by atoms with Gasteiger partial charge in [0.2, 0.25) is 5.91 Å². The minimum absolute atomic E-state index is 0.0258. The summed E-state index contributed by atoms with van der Waals surface area (Å²) in [6.07, 6.45) is 9.00.